The minimum Gasteiger partial charge on any atom is -0.462 e. The van der Waals surface area contributed by atoms with E-state index < -0.39 is 0 Å². The predicted octanol–water partition coefficient (Wildman–Crippen LogP) is 2.72. The first-order valence-corrected chi connectivity index (χ1v) is 10.5. The van der Waals surface area contributed by atoms with Crippen molar-refractivity contribution in [2.24, 2.45) is 71.0 Å². The second kappa shape index (κ2) is 4.05. The zero-order valence-corrected chi connectivity index (χ0v) is 14.4. The van der Waals surface area contributed by atoms with Crippen LogP contribution in [0.1, 0.15) is 39.0 Å². The van der Waals surface area contributed by atoms with E-state index in [1.54, 1.807) is 6.92 Å². The number of esters is 1. The van der Waals surface area contributed by atoms with Gasteiger partial charge in [0, 0.05) is 18.8 Å². The molecule has 1 N–H and O–H groups in total. The Morgan fingerprint density at radius 3 is 2.17 bits per heavy atom. The summed E-state index contributed by atoms with van der Waals surface area (Å²) in [5, 5.41) is 11.2. The SMILES string of the molecule is CC(=O)O[C@@H]1[C@H]2[C@@H]3CC[C@H]4[C@@H](O)[C@@H]5[C@@H]6[C@H]7CCC[C@H]7[C@@H]1[C@H]6[C@H]2[C@@H]5[C@H]34. The summed E-state index contributed by atoms with van der Waals surface area (Å²) in [6.07, 6.45) is 6.82. The molecule has 0 heterocycles. The molecule has 130 valence electrons. The molecule has 24 heavy (non-hydrogen) atoms. The van der Waals surface area contributed by atoms with Crippen molar-refractivity contribution in [1.29, 1.82) is 0 Å². The van der Waals surface area contributed by atoms with Crippen molar-refractivity contribution in [3.8, 4) is 0 Å². The number of ether oxygens (including phenoxy) is 1. The minimum atomic E-state index is -0.0545. The molecular formula is C21H28O3. The Kier molecular flexibility index (Phi) is 2.30. The number of aliphatic hydroxyl groups excluding tert-OH is 1. The van der Waals surface area contributed by atoms with Gasteiger partial charge in [-0.3, -0.25) is 4.79 Å². The van der Waals surface area contributed by atoms with Crippen LogP contribution in [0.15, 0.2) is 0 Å². The van der Waals surface area contributed by atoms with Crippen LogP contribution in [0.5, 0.6) is 0 Å². The van der Waals surface area contributed by atoms with Gasteiger partial charge in [-0.05, 0) is 84.9 Å². The molecule has 0 spiro atoms. The van der Waals surface area contributed by atoms with Crippen molar-refractivity contribution in [3.63, 3.8) is 0 Å². The van der Waals surface area contributed by atoms with Crippen LogP contribution < -0.4 is 0 Å². The van der Waals surface area contributed by atoms with Gasteiger partial charge in [0.05, 0.1) is 6.10 Å². The molecule has 0 aliphatic heterocycles. The Labute approximate surface area is 143 Å². The maximum Gasteiger partial charge on any atom is 0.302 e. The normalized spacial score (nSPS) is 69.4. The van der Waals surface area contributed by atoms with E-state index in [1.807, 2.05) is 0 Å². The van der Waals surface area contributed by atoms with Gasteiger partial charge < -0.3 is 9.84 Å². The van der Waals surface area contributed by atoms with E-state index in [9.17, 15) is 9.90 Å². The van der Waals surface area contributed by atoms with Crippen LogP contribution in [-0.2, 0) is 9.53 Å². The molecule has 7 saturated carbocycles. The molecule has 14 atom stereocenters. The van der Waals surface area contributed by atoms with Gasteiger partial charge in [-0.25, -0.2) is 0 Å². The Bertz CT molecular complexity index is 625. The molecule has 3 heteroatoms. The van der Waals surface area contributed by atoms with E-state index >= 15 is 0 Å². The van der Waals surface area contributed by atoms with E-state index in [4.69, 9.17) is 4.74 Å². The first-order valence-electron chi connectivity index (χ1n) is 10.5. The first kappa shape index (κ1) is 13.6. The number of fused-ring (bicyclic) bond motifs is 5. The highest BCUT2D eigenvalue weighted by Gasteiger charge is 2.81. The van der Waals surface area contributed by atoms with Crippen LogP contribution in [-0.4, -0.2) is 23.3 Å². The number of rotatable bonds is 1. The molecule has 0 radical (unpaired) electrons. The van der Waals surface area contributed by atoms with Gasteiger partial charge in [0.15, 0.2) is 0 Å². The third-order valence-electron chi connectivity index (χ3n) is 10.4. The summed E-state index contributed by atoms with van der Waals surface area (Å²) in [5.74, 6) is 8.67. The molecule has 7 fully saturated rings. The summed E-state index contributed by atoms with van der Waals surface area (Å²) in [4.78, 5) is 11.9. The van der Waals surface area contributed by atoms with Gasteiger partial charge >= 0.3 is 5.97 Å². The van der Waals surface area contributed by atoms with Crippen LogP contribution >= 0.6 is 0 Å². The fraction of sp³-hybridized carbons (Fsp3) is 0.952. The van der Waals surface area contributed by atoms with Crippen molar-refractivity contribution in [2.75, 3.05) is 0 Å². The number of carbonyl (C=O) groups is 1. The largest absolute Gasteiger partial charge is 0.462 e. The molecule has 0 aromatic heterocycles. The molecule has 0 aromatic rings. The Hall–Kier alpha value is -0.570. The van der Waals surface area contributed by atoms with Gasteiger partial charge in [0.2, 0.25) is 0 Å². The monoisotopic (exact) mass is 328 g/mol. The second-order valence-corrected chi connectivity index (χ2v) is 10.3. The number of carbonyl (C=O) groups excluding carboxylic acids is 1. The van der Waals surface area contributed by atoms with Crippen LogP contribution in [0.25, 0.3) is 0 Å². The highest BCUT2D eigenvalue weighted by Crippen LogP contribution is 2.82. The third-order valence-corrected chi connectivity index (χ3v) is 10.4. The highest BCUT2D eigenvalue weighted by molar-refractivity contribution is 5.66. The van der Waals surface area contributed by atoms with E-state index in [0.717, 1.165) is 47.3 Å². The van der Waals surface area contributed by atoms with Gasteiger partial charge in [-0.1, -0.05) is 6.42 Å². The average molecular weight is 328 g/mol. The van der Waals surface area contributed by atoms with Crippen LogP contribution in [0.3, 0.4) is 0 Å². The van der Waals surface area contributed by atoms with Crippen LogP contribution in [0.2, 0.25) is 0 Å². The van der Waals surface area contributed by atoms with Crippen molar-refractivity contribution in [2.45, 2.75) is 51.2 Å². The summed E-state index contributed by atoms with van der Waals surface area (Å²) in [7, 11) is 0. The summed E-state index contributed by atoms with van der Waals surface area (Å²) in [6, 6.07) is 0. The van der Waals surface area contributed by atoms with E-state index in [2.05, 4.69) is 0 Å². The molecule has 0 saturated heterocycles. The summed E-state index contributed by atoms with van der Waals surface area (Å²) < 4.78 is 6.10. The van der Waals surface area contributed by atoms with E-state index in [0.29, 0.717) is 23.7 Å². The van der Waals surface area contributed by atoms with Gasteiger partial charge in [0.25, 0.3) is 0 Å². The smallest absolute Gasteiger partial charge is 0.302 e. The standard InChI is InChI=1S/C21H28O3/c1-7(22)24-21-14-9-4-2-3-8(9)13-17(14)18-15(21)10-5-6-11-12(10)16(18)19(13)20(11)23/h8-21,23H,2-6H2,1H3/t8-,9+,10+,11+,12+,13+,14+,15-,16-,17-,18+,19+,20+,21-/m0/s1. The van der Waals surface area contributed by atoms with Crippen molar-refractivity contribution in [1.82, 2.24) is 0 Å². The molecule has 0 unspecified atom stereocenters. The van der Waals surface area contributed by atoms with Crippen LogP contribution in [0, 0.1) is 71.0 Å². The topological polar surface area (TPSA) is 46.5 Å². The number of aliphatic hydroxyl groups is 1. The Balaban J connectivity index is 1.42. The first-order chi connectivity index (χ1) is 11.7. The molecular weight excluding hydrogens is 300 g/mol. The summed E-state index contributed by atoms with van der Waals surface area (Å²) in [6.45, 7) is 1.62. The molecule has 7 aliphatic rings. The van der Waals surface area contributed by atoms with Crippen molar-refractivity contribution >= 4 is 5.97 Å². The maximum atomic E-state index is 11.9. The molecule has 3 nitrogen and oxygen atoms in total. The van der Waals surface area contributed by atoms with E-state index in [1.165, 1.54) is 32.1 Å². The Morgan fingerprint density at radius 2 is 1.38 bits per heavy atom. The average Bonchev–Trinajstić information content (AvgIpc) is 3.27. The quantitative estimate of drug-likeness (QED) is 0.753. The van der Waals surface area contributed by atoms with Crippen molar-refractivity contribution in [3.05, 3.63) is 0 Å². The van der Waals surface area contributed by atoms with Gasteiger partial charge in [-0.2, -0.15) is 0 Å². The second-order valence-electron chi connectivity index (χ2n) is 10.3. The minimum absolute atomic E-state index is 0.00581. The molecule has 0 amide bonds. The molecule has 7 rings (SSSR count). The number of hydrogen-bond donors (Lipinski definition) is 1. The number of hydrogen-bond acceptors (Lipinski definition) is 3. The lowest BCUT2D eigenvalue weighted by atomic mass is 9.77. The predicted molar refractivity (Wildman–Crippen MR) is 86.5 cm³/mol. The van der Waals surface area contributed by atoms with Gasteiger partial charge in [-0.15, -0.1) is 0 Å². The lowest BCUT2D eigenvalue weighted by Gasteiger charge is -2.31. The highest BCUT2D eigenvalue weighted by atomic mass is 16.5. The summed E-state index contributed by atoms with van der Waals surface area (Å²) >= 11 is 0. The fourth-order valence-corrected chi connectivity index (χ4v) is 10.7. The summed E-state index contributed by atoms with van der Waals surface area (Å²) in [5.41, 5.74) is 0. The van der Waals surface area contributed by atoms with Crippen LogP contribution in [0.4, 0.5) is 0 Å². The molecule has 7 aliphatic carbocycles. The maximum absolute atomic E-state index is 11.9. The Morgan fingerprint density at radius 1 is 0.750 bits per heavy atom. The third kappa shape index (κ3) is 1.20. The van der Waals surface area contributed by atoms with Crippen molar-refractivity contribution < 1.29 is 14.6 Å². The fourth-order valence-electron chi connectivity index (χ4n) is 10.7. The lowest BCUT2D eigenvalue weighted by molar-refractivity contribution is -0.152. The molecule has 0 bridgehead atoms. The lowest BCUT2D eigenvalue weighted by Crippen LogP contribution is -2.35. The van der Waals surface area contributed by atoms with E-state index in [-0.39, 0.29) is 18.2 Å². The van der Waals surface area contributed by atoms with Gasteiger partial charge in [0.1, 0.15) is 6.10 Å². The zero-order valence-electron chi connectivity index (χ0n) is 14.4. The molecule has 0 aromatic carbocycles. The zero-order chi connectivity index (χ0) is 15.9.